The average molecular weight is 963 g/mol. The van der Waals surface area contributed by atoms with Crippen LogP contribution in [0.5, 0.6) is 0 Å². The molecule has 0 atom stereocenters. The van der Waals surface area contributed by atoms with Crippen LogP contribution >= 0.6 is 0 Å². The molecular weight excluding hydrogens is 904 g/mol. The molecule has 9 rings (SSSR count). The summed E-state index contributed by atoms with van der Waals surface area (Å²) < 4.78 is 15.1. The van der Waals surface area contributed by atoms with Crippen LogP contribution < -0.4 is 16.2 Å². The van der Waals surface area contributed by atoms with Crippen molar-refractivity contribution in [2.75, 3.05) is 90.4 Å². The molecule has 6 aromatic rings. The van der Waals surface area contributed by atoms with Gasteiger partial charge in [-0.3, -0.25) is 33.8 Å². The number of piperidine rings is 1. The molecule has 3 fully saturated rings. The number of carbonyl (C=O) groups is 4. The number of H-pyrrole nitrogens is 1. The van der Waals surface area contributed by atoms with E-state index in [-0.39, 0.29) is 41.1 Å². The highest BCUT2D eigenvalue weighted by atomic mass is 19.1. The first-order valence-corrected chi connectivity index (χ1v) is 24.5. The van der Waals surface area contributed by atoms with Gasteiger partial charge in [0.15, 0.2) is 5.69 Å². The van der Waals surface area contributed by atoms with E-state index in [0.717, 1.165) is 68.8 Å². The molecule has 4 amide bonds. The molecule has 3 aromatic heterocycles. The molecule has 71 heavy (non-hydrogen) atoms. The van der Waals surface area contributed by atoms with Crippen molar-refractivity contribution in [2.24, 2.45) is 5.92 Å². The second-order valence-electron chi connectivity index (χ2n) is 18.5. The Kier molecular flexibility index (Phi) is 15.5. The number of hydrogen-bond donors (Lipinski definition) is 3. The lowest BCUT2D eigenvalue weighted by Gasteiger charge is -2.39. The van der Waals surface area contributed by atoms with E-state index < -0.39 is 11.7 Å². The summed E-state index contributed by atoms with van der Waals surface area (Å²) >= 11 is 0. The van der Waals surface area contributed by atoms with Gasteiger partial charge in [-0.15, -0.1) is 0 Å². The lowest BCUT2D eigenvalue weighted by molar-refractivity contribution is -0.134. The van der Waals surface area contributed by atoms with Crippen molar-refractivity contribution in [1.29, 1.82) is 0 Å². The number of amides is 4. The molecule has 368 valence electrons. The molecule has 0 bridgehead atoms. The number of piperazine rings is 2. The van der Waals surface area contributed by atoms with Crippen LogP contribution in [0.2, 0.25) is 0 Å². The van der Waals surface area contributed by atoms with Crippen LogP contribution in [0.3, 0.4) is 0 Å². The highest BCUT2D eigenvalue weighted by Crippen LogP contribution is 2.27. The Labute approximate surface area is 411 Å². The lowest BCUT2D eigenvalue weighted by atomic mass is 9.96. The number of aryl methyl sites for hydroxylation is 1. The molecule has 18 heteroatoms. The zero-order valence-electron chi connectivity index (χ0n) is 40.0. The second-order valence-corrected chi connectivity index (χ2v) is 18.5. The summed E-state index contributed by atoms with van der Waals surface area (Å²) in [5.74, 6) is -1.06. The number of nitrogens with one attached hydrogen (secondary N) is 3. The van der Waals surface area contributed by atoms with Gasteiger partial charge in [0.1, 0.15) is 12.1 Å². The topological polar surface area (TPSA) is 193 Å². The van der Waals surface area contributed by atoms with Gasteiger partial charge < -0.3 is 25.3 Å². The summed E-state index contributed by atoms with van der Waals surface area (Å²) in [5.41, 5.74) is 5.27. The van der Waals surface area contributed by atoms with Gasteiger partial charge >= 0.3 is 0 Å². The highest BCUT2D eigenvalue weighted by Gasteiger charge is 2.31. The number of pyridine rings is 1. The Hall–Kier alpha value is -7.28. The van der Waals surface area contributed by atoms with Crippen LogP contribution in [0.15, 0.2) is 102 Å². The van der Waals surface area contributed by atoms with Gasteiger partial charge in [0.25, 0.3) is 17.4 Å². The number of hydrogen-bond acceptors (Lipinski definition) is 12. The predicted octanol–water partition coefficient (Wildman–Crippen LogP) is 4.25. The summed E-state index contributed by atoms with van der Waals surface area (Å²) in [6.07, 6.45) is 7.92. The molecule has 0 radical (unpaired) electrons. The lowest BCUT2D eigenvalue weighted by Crippen LogP contribution is -2.53. The summed E-state index contributed by atoms with van der Waals surface area (Å²) in [6, 6.07) is 23.4. The standard InChI is InChI=1S/C53H59FN12O5/c1-2-36-6-5-7-39(26-36)40-29-47(59-48(67)32-56-31-41-12-15-55-35-58-41)50(57-30-40)53(71)66-20-18-63(19-21-66)33-37-13-16-62(17-14-37)34-49(68)64-22-24-65(25-23-64)52(70)44-27-38(10-11-45(44)54)28-46-42-8-3-4-9-43(42)51(69)61-60-46/h3-12,15,26-27,29-30,35,37,56H,2,13-14,16-25,28,31-34H2,1H3,(H,59,67)(H,61,69). The van der Waals surface area contributed by atoms with E-state index in [1.807, 2.05) is 35.2 Å². The van der Waals surface area contributed by atoms with Gasteiger partial charge in [0.05, 0.1) is 41.1 Å². The van der Waals surface area contributed by atoms with Gasteiger partial charge in [-0.25, -0.2) is 24.4 Å². The fourth-order valence-corrected chi connectivity index (χ4v) is 9.72. The van der Waals surface area contributed by atoms with Crippen LogP contribution in [0.4, 0.5) is 10.1 Å². The number of likely N-dealkylation sites (tertiary alicyclic amines) is 1. The molecule has 3 aliphatic rings. The SMILES string of the molecule is CCc1cccc(-c2cnc(C(=O)N3CCN(CC4CCN(CC(=O)N5CCN(C(=O)c6cc(Cc7n[nH]c(=O)c8ccccc78)ccc6F)CC5)CC4)CC3)c(NC(=O)CNCc3ccncn3)c2)c1. The summed E-state index contributed by atoms with van der Waals surface area (Å²) in [7, 11) is 0. The fourth-order valence-electron chi connectivity index (χ4n) is 9.72. The first-order valence-electron chi connectivity index (χ1n) is 24.5. The Morgan fingerprint density at radius 3 is 2.25 bits per heavy atom. The van der Waals surface area contributed by atoms with Crippen molar-refractivity contribution >= 4 is 40.1 Å². The Morgan fingerprint density at radius 1 is 0.746 bits per heavy atom. The third-order valence-corrected chi connectivity index (χ3v) is 13.8. The van der Waals surface area contributed by atoms with Crippen LogP contribution in [0, 0.1) is 11.7 Å². The highest BCUT2D eigenvalue weighted by molar-refractivity contribution is 6.03. The summed E-state index contributed by atoms with van der Waals surface area (Å²) in [4.78, 5) is 89.3. The maximum Gasteiger partial charge on any atom is 0.274 e. The summed E-state index contributed by atoms with van der Waals surface area (Å²) in [5, 5.41) is 14.0. The Bertz CT molecular complexity index is 2930. The van der Waals surface area contributed by atoms with Gasteiger partial charge in [-0.05, 0) is 85.3 Å². The zero-order valence-corrected chi connectivity index (χ0v) is 40.0. The van der Waals surface area contributed by atoms with E-state index in [9.17, 15) is 24.0 Å². The number of fused-ring (bicyclic) bond motifs is 1. The van der Waals surface area contributed by atoms with Crippen LogP contribution in [-0.4, -0.2) is 158 Å². The number of anilines is 1. The number of aromatic amines is 1. The molecule has 0 aliphatic carbocycles. The van der Waals surface area contributed by atoms with Gasteiger partial charge in [0.2, 0.25) is 11.8 Å². The van der Waals surface area contributed by atoms with Gasteiger partial charge in [-0.2, -0.15) is 5.10 Å². The third-order valence-electron chi connectivity index (χ3n) is 13.8. The molecular formula is C53H59FN12O5. The fraction of sp³-hybridized carbons (Fsp3) is 0.377. The molecule has 0 saturated carbocycles. The maximum atomic E-state index is 15.1. The molecule has 0 unspecified atom stereocenters. The zero-order chi connectivity index (χ0) is 49.3. The number of carbonyl (C=O) groups excluding carboxylic acids is 4. The van der Waals surface area contributed by atoms with E-state index in [1.54, 1.807) is 52.5 Å². The average Bonchev–Trinajstić information content (AvgIpc) is 3.40. The van der Waals surface area contributed by atoms with E-state index >= 15 is 4.39 Å². The minimum absolute atomic E-state index is 0.0177. The van der Waals surface area contributed by atoms with Crippen LogP contribution in [-0.2, 0) is 29.0 Å². The van der Waals surface area contributed by atoms with E-state index in [0.29, 0.717) is 92.4 Å². The molecule has 3 saturated heterocycles. The van der Waals surface area contributed by atoms with Gasteiger partial charge in [0, 0.05) is 95.2 Å². The van der Waals surface area contributed by atoms with Crippen molar-refractivity contribution in [3.8, 4) is 11.1 Å². The molecule has 6 heterocycles. The molecule has 3 aliphatic heterocycles. The number of nitrogens with zero attached hydrogens (tertiary/aromatic N) is 9. The predicted molar refractivity (Wildman–Crippen MR) is 267 cm³/mol. The second kappa shape index (κ2) is 22.6. The normalized spacial score (nSPS) is 16.1. The number of aromatic nitrogens is 5. The largest absolute Gasteiger partial charge is 0.338 e. The first kappa shape index (κ1) is 48.7. The minimum Gasteiger partial charge on any atom is -0.338 e. The third kappa shape index (κ3) is 12.0. The quantitative estimate of drug-likeness (QED) is 0.133. The van der Waals surface area contributed by atoms with E-state index in [2.05, 4.69) is 64.6 Å². The number of rotatable bonds is 15. The van der Waals surface area contributed by atoms with Crippen molar-refractivity contribution < 1.29 is 23.6 Å². The van der Waals surface area contributed by atoms with Crippen molar-refractivity contribution in [3.05, 3.63) is 148 Å². The Balaban J connectivity index is 0.721. The van der Waals surface area contributed by atoms with Crippen LogP contribution in [0.1, 0.15) is 63.1 Å². The molecule has 3 aromatic carbocycles. The van der Waals surface area contributed by atoms with Crippen molar-refractivity contribution in [3.63, 3.8) is 0 Å². The molecule has 0 spiro atoms. The monoisotopic (exact) mass is 962 g/mol. The smallest absolute Gasteiger partial charge is 0.274 e. The number of benzene rings is 3. The van der Waals surface area contributed by atoms with E-state index in [1.165, 1.54) is 18.0 Å². The first-order chi connectivity index (χ1) is 34.6. The van der Waals surface area contributed by atoms with Gasteiger partial charge in [-0.1, -0.05) is 55.5 Å². The van der Waals surface area contributed by atoms with Crippen molar-refractivity contribution in [2.45, 2.75) is 39.2 Å². The minimum atomic E-state index is -0.612. The maximum absolute atomic E-state index is 15.1. The summed E-state index contributed by atoms with van der Waals surface area (Å²) in [6.45, 7) is 9.22. The Morgan fingerprint density at radius 2 is 1.49 bits per heavy atom. The number of halogens is 1. The van der Waals surface area contributed by atoms with Crippen molar-refractivity contribution in [1.82, 2.24) is 55.0 Å². The molecule has 3 N–H and O–H groups in total. The van der Waals surface area contributed by atoms with Crippen LogP contribution in [0.25, 0.3) is 21.9 Å². The van der Waals surface area contributed by atoms with E-state index in [4.69, 9.17) is 0 Å². The molecule has 17 nitrogen and oxygen atoms in total.